The molecule has 3 nitrogen and oxygen atoms in total. The Labute approximate surface area is 114 Å². The van der Waals surface area contributed by atoms with Crippen molar-refractivity contribution in [3.8, 4) is 0 Å². The van der Waals surface area contributed by atoms with Crippen LogP contribution in [0.25, 0.3) is 0 Å². The molecule has 1 aromatic carbocycles. The molecule has 0 spiro atoms. The first-order chi connectivity index (χ1) is 8.20. The molecule has 0 bridgehead atoms. The molecule has 2 aromatic rings. The van der Waals surface area contributed by atoms with E-state index < -0.39 is 0 Å². The van der Waals surface area contributed by atoms with Crippen molar-refractivity contribution in [3.05, 3.63) is 40.6 Å². The lowest BCUT2D eigenvalue weighted by atomic mass is 10.3. The Morgan fingerprint density at radius 3 is 2.18 bits per heavy atom. The summed E-state index contributed by atoms with van der Waals surface area (Å²) in [6, 6.07) is 9.59. The molecule has 0 fully saturated rings. The largest absolute Gasteiger partial charge is 0.324 e. The van der Waals surface area contributed by atoms with Crippen molar-refractivity contribution in [2.75, 3.05) is 11.6 Å². The maximum absolute atomic E-state index is 6.00. The number of thioether (sulfide) groups is 1. The highest BCUT2D eigenvalue weighted by atomic mass is 35.5. The van der Waals surface area contributed by atoms with Crippen LogP contribution in [0.15, 0.2) is 35.2 Å². The number of hydrogen-bond donors (Lipinski definition) is 1. The highest BCUT2D eigenvalue weighted by molar-refractivity contribution is 7.98. The van der Waals surface area contributed by atoms with Crippen LogP contribution in [0.2, 0.25) is 10.3 Å². The predicted octanol–water partition coefficient (Wildman–Crippen LogP) is 4.25. The number of nitrogens with one attached hydrogen (secondary N) is 1. The van der Waals surface area contributed by atoms with Crippen LogP contribution in [0.5, 0.6) is 0 Å². The third-order valence-corrected chi connectivity index (χ3v) is 3.58. The summed E-state index contributed by atoms with van der Waals surface area (Å²) in [7, 11) is 0. The minimum atomic E-state index is 0.357. The number of hydrogen-bond acceptors (Lipinski definition) is 4. The lowest BCUT2D eigenvalue weighted by Gasteiger charge is -2.07. The summed E-state index contributed by atoms with van der Waals surface area (Å²) in [6.07, 6.45) is 1.88. The van der Waals surface area contributed by atoms with E-state index >= 15 is 0 Å². The Morgan fingerprint density at radius 1 is 1.06 bits per heavy atom. The molecule has 1 aromatic heterocycles. The molecule has 0 aliphatic rings. The molecule has 0 aliphatic heterocycles. The summed E-state index contributed by atoms with van der Waals surface area (Å²) < 4.78 is 0. The fourth-order valence-electron chi connectivity index (χ4n) is 1.27. The molecule has 0 radical (unpaired) electrons. The molecular formula is C11H9Cl2N3S. The molecule has 0 saturated carbocycles. The van der Waals surface area contributed by atoms with Crippen molar-refractivity contribution in [3.63, 3.8) is 0 Å². The van der Waals surface area contributed by atoms with Gasteiger partial charge in [0.25, 0.3) is 0 Å². The van der Waals surface area contributed by atoms with Gasteiger partial charge in [0.2, 0.25) is 5.95 Å². The van der Waals surface area contributed by atoms with Gasteiger partial charge in [-0.2, -0.15) is 9.97 Å². The van der Waals surface area contributed by atoms with Gasteiger partial charge in [0.05, 0.1) is 4.90 Å². The molecule has 6 heteroatoms. The lowest BCUT2D eigenvalue weighted by molar-refractivity contribution is 1.10. The zero-order valence-electron chi connectivity index (χ0n) is 8.95. The first kappa shape index (κ1) is 12.5. The summed E-state index contributed by atoms with van der Waals surface area (Å²) in [6.45, 7) is 0. The standard InChI is InChI=1S/C11H9Cl2N3S/c1-17-8-9(12)15-11(16-10(8)13)14-7-5-3-2-4-6-7/h2-6H,1H3,(H,14,15,16). The first-order valence-electron chi connectivity index (χ1n) is 4.80. The van der Waals surface area contributed by atoms with Gasteiger partial charge in [-0.3, -0.25) is 0 Å². The number of benzene rings is 1. The summed E-state index contributed by atoms with van der Waals surface area (Å²) >= 11 is 13.4. The zero-order chi connectivity index (χ0) is 12.3. The molecule has 17 heavy (non-hydrogen) atoms. The van der Waals surface area contributed by atoms with E-state index in [2.05, 4.69) is 15.3 Å². The molecule has 88 valence electrons. The molecule has 0 atom stereocenters. The van der Waals surface area contributed by atoms with Crippen LogP contribution in [0.3, 0.4) is 0 Å². The van der Waals surface area contributed by atoms with Crippen LogP contribution in [-0.2, 0) is 0 Å². The molecule has 0 aliphatic carbocycles. The Hall–Kier alpha value is -0.970. The second kappa shape index (κ2) is 5.58. The minimum absolute atomic E-state index is 0.357. The molecule has 0 saturated heterocycles. The fraction of sp³-hybridized carbons (Fsp3) is 0.0909. The Morgan fingerprint density at radius 2 is 1.65 bits per heavy atom. The minimum Gasteiger partial charge on any atom is -0.324 e. The van der Waals surface area contributed by atoms with Crippen LogP contribution >= 0.6 is 35.0 Å². The number of para-hydroxylation sites is 1. The number of nitrogens with zero attached hydrogens (tertiary/aromatic N) is 2. The van der Waals surface area contributed by atoms with Crippen molar-refractivity contribution in [1.29, 1.82) is 0 Å². The normalized spacial score (nSPS) is 10.3. The number of rotatable bonds is 3. The Balaban J connectivity index is 2.29. The van der Waals surface area contributed by atoms with Gasteiger partial charge in [0.1, 0.15) is 10.3 Å². The van der Waals surface area contributed by atoms with Gasteiger partial charge in [-0.25, -0.2) is 0 Å². The molecule has 1 N–H and O–H groups in total. The van der Waals surface area contributed by atoms with E-state index in [1.54, 1.807) is 0 Å². The van der Waals surface area contributed by atoms with Crippen LogP contribution in [-0.4, -0.2) is 16.2 Å². The van der Waals surface area contributed by atoms with Crippen LogP contribution in [0.4, 0.5) is 11.6 Å². The van der Waals surface area contributed by atoms with E-state index in [4.69, 9.17) is 23.2 Å². The van der Waals surface area contributed by atoms with Crippen molar-refractivity contribution in [2.45, 2.75) is 4.90 Å². The average Bonchev–Trinajstić information content (AvgIpc) is 2.30. The number of anilines is 2. The smallest absolute Gasteiger partial charge is 0.230 e. The fourth-order valence-corrected chi connectivity index (χ4v) is 2.55. The van der Waals surface area contributed by atoms with E-state index in [1.807, 2.05) is 36.6 Å². The average molecular weight is 286 g/mol. The van der Waals surface area contributed by atoms with Gasteiger partial charge in [-0.15, -0.1) is 11.8 Å². The molecule has 0 amide bonds. The number of halogens is 2. The number of aromatic nitrogens is 2. The van der Waals surface area contributed by atoms with E-state index in [-0.39, 0.29) is 0 Å². The lowest BCUT2D eigenvalue weighted by Crippen LogP contribution is -1.98. The summed E-state index contributed by atoms with van der Waals surface area (Å²) in [5, 5.41) is 3.75. The first-order valence-corrected chi connectivity index (χ1v) is 6.78. The topological polar surface area (TPSA) is 37.8 Å². The molecule has 0 unspecified atom stereocenters. The monoisotopic (exact) mass is 285 g/mol. The molecular weight excluding hydrogens is 277 g/mol. The van der Waals surface area contributed by atoms with Gasteiger partial charge in [-0.05, 0) is 18.4 Å². The van der Waals surface area contributed by atoms with Crippen LogP contribution in [0, 0.1) is 0 Å². The zero-order valence-corrected chi connectivity index (χ0v) is 11.3. The summed E-state index contributed by atoms with van der Waals surface area (Å²) in [5.74, 6) is 0.393. The van der Waals surface area contributed by atoms with Gasteiger partial charge >= 0.3 is 0 Å². The second-order valence-electron chi connectivity index (χ2n) is 3.15. The van der Waals surface area contributed by atoms with Crippen LogP contribution < -0.4 is 5.32 Å². The van der Waals surface area contributed by atoms with Crippen molar-refractivity contribution in [1.82, 2.24) is 9.97 Å². The predicted molar refractivity (Wildman–Crippen MR) is 73.6 cm³/mol. The third kappa shape index (κ3) is 3.03. The summed E-state index contributed by atoms with van der Waals surface area (Å²) in [5.41, 5.74) is 0.886. The highest BCUT2D eigenvalue weighted by Gasteiger charge is 2.10. The van der Waals surface area contributed by atoms with E-state index in [1.165, 1.54) is 11.8 Å². The van der Waals surface area contributed by atoms with E-state index in [0.717, 1.165) is 5.69 Å². The second-order valence-corrected chi connectivity index (χ2v) is 4.69. The van der Waals surface area contributed by atoms with Gasteiger partial charge < -0.3 is 5.32 Å². The van der Waals surface area contributed by atoms with Crippen molar-refractivity contribution >= 4 is 46.6 Å². The molecule has 1 heterocycles. The third-order valence-electron chi connectivity index (χ3n) is 2.02. The van der Waals surface area contributed by atoms with Crippen molar-refractivity contribution in [2.24, 2.45) is 0 Å². The van der Waals surface area contributed by atoms with Gasteiger partial charge in [-0.1, -0.05) is 41.4 Å². The van der Waals surface area contributed by atoms with Gasteiger partial charge in [0.15, 0.2) is 0 Å². The van der Waals surface area contributed by atoms with Crippen molar-refractivity contribution < 1.29 is 0 Å². The SMILES string of the molecule is CSc1c(Cl)nc(Nc2ccccc2)nc1Cl. The Bertz CT molecular complexity index is 496. The maximum Gasteiger partial charge on any atom is 0.230 e. The van der Waals surface area contributed by atoms with E-state index in [9.17, 15) is 0 Å². The van der Waals surface area contributed by atoms with Gasteiger partial charge in [0, 0.05) is 5.69 Å². The van der Waals surface area contributed by atoms with Crippen LogP contribution in [0.1, 0.15) is 0 Å². The van der Waals surface area contributed by atoms with E-state index in [0.29, 0.717) is 21.2 Å². The molecule has 2 rings (SSSR count). The maximum atomic E-state index is 6.00. The summed E-state index contributed by atoms with van der Waals surface area (Å²) in [4.78, 5) is 8.96. The quantitative estimate of drug-likeness (QED) is 0.676. The highest BCUT2D eigenvalue weighted by Crippen LogP contribution is 2.31. The Kier molecular flexibility index (Phi) is 4.10.